The second kappa shape index (κ2) is 7.43. The maximum Gasteiger partial charge on any atom is 0.0724 e. The highest BCUT2D eigenvalue weighted by molar-refractivity contribution is 4.84. The first kappa shape index (κ1) is 14.3. The Morgan fingerprint density at radius 3 is 2.72 bits per heavy atom. The van der Waals surface area contributed by atoms with E-state index in [0.29, 0.717) is 18.2 Å². The van der Waals surface area contributed by atoms with Crippen molar-refractivity contribution in [3.8, 4) is 0 Å². The van der Waals surface area contributed by atoms with E-state index in [1.165, 1.54) is 25.7 Å². The van der Waals surface area contributed by atoms with Gasteiger partial charge in [0, 0.05) is 38.8 Å². The van der Waals surface area contributed by atoms with Crippen molar-refractivity contribution >= 4 is 0 Å². The van der Waals surface area contributed by atoms with Gasteiger partial charge in [0.15, 0.2) is 0 Å². The Morgan fingerprint density at radius 2 is 2.00 bits per heavy atom. The minimum Gasteiger partial charge on any atom is -0.380 e. The molecule has 2 rings (SSSR count). The molecule has 4 nitrogen and oxygen atoms in total. The Labute approximate surface area is 111 Å². The number of hydrogen-bond acceptors (Lipinski definition) is 4. The van der Waals surface area contributed by atoms with Gasteiger partial charge in [0.05, 0.1) is 19.3 Å². The fraction of sp³-hybridized carbons (Fsp3) is 1.00. The number of nitrogens with zero attached hydrogens (tertiary/aromatic N) is 1. The van der Waals surface area contributed by atoms with Gasteiger partial charge in [-0.1, -0.05) is 12.8 Å². The van der Waals surface area contributed by atoms with E-state index in [-0.39, 0.29) is 0 Å². The van der Waals surface area contributed by atoms with Gasteiger partial charge < -0.3 is 14.8 Å². The lowest BCUT2D eigenvalue weighted by Gasteiger charge is -2.35. The van der Waals surface area contributed by atoms with Gasteiger partial charge >= 0.3 is 0 Å². The second-order valence-electron chi connectivity index (χ2n) is 5.65. The summed E-state index contributed by atoms with van der Waals surface area (Å²) in [6, 6.07) is 1.07. The lowest BCUT2D eigenvalue weighted by molar-refractivity contribution is 0.0220. The summed E-state index contributed by atoms with van der Waals surface area (Å²) in [6.07, 6.45) is 5.52. The van der Waals surface area contributed by atoms with Crippen molar-refractivity contribution < 1.29 is 9.47 Å². The van der Waals surface area contributed by atoms with Gasteiger partial charge in [-0.2, -0.15) is 0 Å². The van der Waals surface area contributed by atoms with Crippen molar-refractivity contribution in [1.82, 2.24) is 10.2 Å². The number of rotatable bonds is 5. The standard InChI is InChI=1S/C14H28N2O2/c1-12(11-16-7-9-18-10-8-16)15-13-5-3-4-6-14(13)17-2/h12-15H,3-11H2,1-2H3. The third-order valence-corrected chi connectivity index (χ3v) is 4.14. The molecule has 1 saturated carbocycles. The van der Waals surface area contributed by atoms with E-state index < -0.39 is 0 Å². The molecule has 4 heteroatoms. The molecule has 18 heavy (non-hydrogen) atoms. The number of hydrogen-bond donors (Lipinski definition) is 1. The summed E-state index contributed by atoms with van der Waals surface area (Å²) in [5.41, 5.74) is 0. The molecule has 1 saturated heterocycles. The van der Waals surface area contributed by atoms with Crippen LogP contribution in [0.4, 0.5) is 0 Å². The Balaban J connectivity index is 1.73. The molecule has 2 fully saturated rings. The van der Waals surface area contributed by atoms with Gasteiger partial charge in [0.2, 0.25) is 0 Å². The van der Waals surface area contributed by atoms with Crippen LogP contribution in [0.25, 0.3) is 0 Å². The monoisotopic (exact) mass is 256 g/mol. The predicted molar refractivity (Wildman–Crippen MR) is 72.9 cm³/mol. The lowest BCUT2D eigenvalue weighted by Crippen LogP contribution is -2.51. The van der Waals surface area contributed by atoms with Crippen LogP contribution in [0.15, 0.2) is 0 Å². The van der Waals surface area contributed by atoms with Crippen LogP contribution in [0.2, 0.25) is 0 Å². The van der Waals surface area contributed by atoms with Gasteiger partial charge in [-0.3, -0.25) is 4.90 Å². The normalized spacial score (nSPS) is 32.3. The quantitative estimate of drug-likeness (QED) is 0.803. The van der Waals surface area contributed by atoms with E-state index in [9.17, 15) is 0 Å². The number of nitrogens with one attached hydrogen (secondary N) is 1. The van der Waals surface area contributed by atoms with Gasteiger partial charge in [0.25, 0.3) is 0 Å². The van der Waals surface area contributed by atoms with E-state index in [2.05, 4.69) is 17.1 Å². The van der Waals surface area contributed by atoms with Crippen molar-refractivity contribution in [3.63, 3.8) is 0 Å². The summed E-state index contributed by atoms with van der Waals surface area (Å²) in [5, 5.41) is 3.76. The highest BCUT2D eigenvalue weighted by Gasteiger charge is 2.26. The van der Waals surface area contributed by atoms with Crippen LogP contribution in [0.1, 0.15) is 32.6 Å². The molecule has 1 heterocycles. The molecular formula is C14H28N2O2. The molecule has 1 aliphatic carbocycles. The molecule has 0 bridgehead atoms. The second-order valence-corrected chi connectivity index (χ2v) is 5.65. The molecule has 3 atom stereocenters. The van der Waals surface area contributed by atoms with Crippen molar-refractivity contribution in [2.24, 2.45) is 0 Å². The molecule has 0 radical (unpaired) electrons. The zero-order valence-corrected chi connectivity index (χ0v) is 11.9. The first-order valence-corrected chi connectivity index (χ1v) is 7.38. The van der Waals surface area contributed by atoms with Gasteiger partial charge in [-0.25, -0.2) is 0 Å². The molecule has 106 valence electrons. The Kier molecular flexibility index (Phi) is 5.89. The van der Waals surface area contributed by atoms with Crippen LogP contribution in [0.3, 0.4) is 0 Å². The minimum absolute atomic E-state index is 0.408. The van der Waals surface area contributed by atoms with Crippen molar-refractivity contribution in [2.45, 2.75) is 50.8 Å². The van der Waals surface area contributed by atoms with Crippen LogP contribution < -0.4 is 5.32 Å². The van der Waals surface area contributed by atoms with Gasteiger partial charge in [-0.15, -0.1) is 0 Å². The maximum absolute atomic E-state index is 5.60. The van der Waals surface area contributed by atoms with E-state index in [0.717, 1.165) is 32.8 Å². The summed E-state index contributed by atoms with van der Waals surface area (Å²) in [4.78, 5) is 2.49. The van der Waals surface area contributed by atoms with Crippen LogP contribution in [-0.4, -0.2) is 63.0 Å². The molecule has 3 unspecified atom stereocenters. The third kappa shape index (κ3) is 4.19. The number of morpholine rings is 1. The van der Waals surface area contributed by atoms with Crippen molar-refractivity contribution in [3.05, 3.63) is 0 Å². The molecule has 0 aromatic carbocycles. The lowest BCUT2D eigenvalue weighted by atomic mass is 9.92. The molecule has 1 N–H and O–H groups in total. The first-order valence-electron chi connectivity index (χ1n) is 7.38. The van der Waals surface area contributed by atoms with Gasteiger partial charge in [0.1, 0.15) is 0 Å². The van der Waals surface area contributed by atoms with Crippen LogP contribution >= 0.6 is 0 Å². The summed E-state index contributed by atoms with van der Waals surface area (Å²) in [5.74, 6) is 0. The van der Waals surface area contributed by atoms with Crippen LogP contribution in [0.5, 0.6) is 0 Å². The van der Waals surface area contributed by atoms with E-state index >= 15 is 0 Å². The Bertz CT molecular complexity index is 232. The minimum atomic E-state index is 0.408. The predicted octanol–water partition coefficient (Wildman–Crippen LogP) is 1.25. The van der Waals surface area contributed by atoms with Crippen molar-refractivity contribution in [2.75, 3.05) is 40.0 Å². The number of ether oxygens (including phenoxy) is 2. The van der Waals surface area contributed by atoms with Gasteiger partial charge in [-0.05, 0) is 19.8 Å². The largest absolute Gasteiger partial charge is 0.380 e. The van der Waals surface area contributed by atoms with Crippen LogP contribution in [-0.2, 0) is 9.47 Å². The first-order chi connectivity index (χ1) is 8.79. The zero-order valence-electron chi connectivity index (χ0n) is 11.9. The molecule has 0 amide bonds. The molecule has 0 spiro atoms. The average molecular weight is 256 g/mol. The molecule has 0 aromatic rings. The summed E-state index contributed by atoms with van der Waals surface area (Å²) in [7, 11) is 1.84. The fourth-order valence-electron chi connectivity index (χ4n) is 3.16. The molecular weight excluding hydrogens is 228 g/mol. The summed E-state index contributed by atoms with van der Waals surface area (Å²) >= 11 is 0. The van der Waals surface area contributed by atoms with E-state index in [4.69, 9.17) is 9.47 Å². The molecule has 1 aliphatic heterocycles. The van der Waals surface area contributed by atoms with E-state index in [1.807, 2.05) is 7.11 Å². The highest BCUT2D eigenvalue weighted by atomic mass is 16.5. The summed E-state index contributed by atoms with van der Waals surface area (Å²) in [6.45, 7) is 7.33. The fourth-order valence-corrected chi connectivity index (χ4v) is 3.16. The zero-order chi connectivity index (χ0) is 12.8. The topological polar surface area (TPSA) is 33.7 Å². The van der Waals surface area contributed by atoms with Crippen molar-refractivity contribution in [1.29, 1.82) is 0 Å². The molecule has 2 aliphatic rings. The number of methoxy groups -OCH3 is 1. The molecule has 0 aromatic heterocycles. The highest BCUT2D eigenvalue weighted by Crippen LogP contribution is 2.21. The Morgan fingerprint density at radius 1 is 1.28 bits per heavy atom. The average Bonchev–Trinajstić information content (AvgIpc) is 2.40. The smallest absolute Gasteiger partial charge is 0.0724 e. The maximum atomic E-state index is 5.60. The third-order valence-electron chi connectivity index (χ3n) is 4.14. The Hall–Kier alpha value is -0.160. The van der Waals surface area contributed by atoms with Crippen LogP contribution in [0, 0.1) is 0 Å². The SMILES string of the molecule is COC1CCCCC1NC(C)CN1CCOCC1. The van der Waals surface area contributed by atoms with E-state index in [1.54, 1.807) is 0 Å². The summed E-state index contributed by atoms with van der Waals surface area (Å²) < 4.78 is 11.0.